The normalized spacial score (nSPS) is 10.7. The molecule has 0 aliphatic carbocycles. The van der Waals surface area contributed by atoms with E-state index in [1.165, 1.54) is 0 Å². The second-order valence-electron chi connectivity index (χ2n) is 2.77. The molecule has 5 N–H and O–H groups in total. The molecule has 0 bridgehead atoms. The summed E-state index contributed by atoms with van der Waals surface area (Å²) in [4.78, 5) is 14.0. The maximum Gasteiger partial charge on any atom is 0.354 e. The second-order valence-corrected chi connectivity index (χ2v) is 2.77. The van der Waals surface area contributed by atoms with Gasteiger partial charge in [0.2, 0.25) is 0 Å². The Morgan fingerprint density at radius 1 is 1.60 bits per heavy atom. The molecule has 1 rings (SSSR count). The largest absolute Gasteiger partial charge is 0.477 e. The Morgan fingerprint density at radius 3 is 2.60 bits per heavy atom. The highest BCUT2D eigenvalue weighted by molar-refractivity contribution is 5.86. The van der Waals surface area contributed by atoms with Gasteiger partial charge in [-0.3, -0.25) is 0 Å². The predicted octanol–water partition coefficient (Wildman–Crippen LogP) is 0.758. The number of anilines is 1. The van der Waals surface area contributed by atoms with Crippen molar-refractivity contribution >= 4 is 11.8 Å². The van der Waals surface area contributed by atoms with Crippen LogP contribution in [0.25, 0.3) is 0 Å². The van der Waals surface area contributed by atoms with Gasteiger partial charge in [0.05, 0.1) is 0 Å². The summed E-state index contributed by atoms with van der Waals surface area (Å²) in [6, 6.07) is 0.783. The van der Waals surface area contributed by atoms with E-state index in [1.807, 2.05) is 0 Å². The third-order valence-corrected chi connectivity index (χ3v) is 1.85. The fraction of sp³-hybridized carbons (Fsp3) is 0.250. The quantitative estimate of drug-likeness (QED) is 0.693. The summed E-state index contributed by atoms with van der Waals surface area (Å²) in [6.45, 7) is -0.210. The number of hydrogen-bond donors (Lipinski definition) is 3. The number of carbonyl (C=O) groups is 1. The Hall–Kier alpha value is -1.76. The molecule has 7 heteroatoms. The van der Waals surface area contributed by atoms with E-state index in [4.69, 9.17) is 16.6 Å². The number of halogens is 2. The van der Waals surface area contributed by atoms with Gasteiger partial charge < -0.3 is 16.6 Å². The summed E-state index contributed by atoms with van der Waals surface area (Å²) in [5, 5.41) is 8.58. The van der Waals surface area contributed by atoms with Crippen molar-refractivity contribution in [3.63, 3.8) is 0 Å². The van der Waals surface area contributed by atoms with Crippen molar-refractivity contribution in [2.75, 3.05) is 5.73 Å². The van der Waals surface area contributed by atoms with Crippen LogP contribution in [-0.2, 0) is 6.54 Å². The lowest BCUT2D eigenvalue weighted by Crippen LogP contribution is -2.12. The Morgan fingerprint density at radius 2 is 2.20 bits per heavy atom. The fourth-order valence-corrected chi connectivity index (χ4v) is 1.14. The molecule has 0 fully saturated rings. The Bertz CT molecular complexity index is 396. The van der Waals surface area contributed by atoms with Crippen LogP contribution >= 0.6 is 0 Å². The van der Waals surface area contributed by atoms with Crippen molar-refractivity contribution in [3.05, 3.63) is 22.9 Å². The van der Waals surface area contributed by atoms with Gasteiger partial charge in [0.25, 0.3) is 6.43 Å². The first-order valence-electron chi connectivity index (χ1n) is 3.98. The number of nitrogens with zero attached hydrogens (tertiary/aromatic N) is 1. The third kappa shape index (κ3) is 2.18. The molecule has 0 aromatic carbocycles. The van der Waals surface area contributed by atoms with Gasteiger partial charge in [-0.25, -0.2) is 18.6 Å². The van der Waals surface area contributed by atoms with Crippen LogP contribution in [0.3, 0.4) is 0 Å². The average molecular weight is 217 g/mol. The van der Waals surface area contributed by atoms with Crippen LogP contribution in [0.4, 0.5) is 14.6 Å². The minimum atomic E-state index is -2.83. The summed E-state index contributed by atoms with van der Waals surface area (Å²) >= 11 is 0. The van der Waals surface area contributed by atoms with Crippen molar-refractivity contribution in [3.8, 4) is 0 Å². The topological polar surface area (TPSA) is 102 Å². The summed E-state index contributed by atoms with van der Waals surface area (Å²) < 4.78 is 25.0. The van der Waals surface area contributed by atoms with Crippen LogP contribution in [0.2, 0.25) is 0 Å². The molecular weight excluding hydrogens is 208 g/mol. The van der Waals surface area contributed by atoms with Crippen molar-refractivity contribution in [1.82, 2.24) is 4.98 Å². The molecule has 15 heavy (non-hydrogen) atoms. The van der Waals surface area contributed by atoms with Crippen molar-refractivity contribution < 1.29 is 18.7 Å². The first-order valence-corrected chi connectivity index (χ1v) is 3.98. The van der Waals surface area contributed by atoms with Gasteiger partial charge in [-0.2, -0.15) is 0 Å². The van der Waals surface area contributed by atoms with Crippen LogP contribution in [0.5, 0.6) is 0 Å². The van der Waals surface area contributed by atoms with E-state index in [-0.39, 0.29) is 17.9 Å². The van der Waals surface area contributed by atoms with Crippen LogP contribution in [-0.4, -0.2) is 16.1 Å². The molecule has 0 saturated carbocycles. The molecule has 5 nitrogen and oxygen atoms in total. The zero-order valence-electron chi connectivity index (χ0n) is 7.58. The third-order valence-electron chi connectivity index (χ3n) is 1.85. The monoisotopic (exact) mass is 217 g/mol. The highest BCUT2D eigenvalue weighted by atomic mass is 19.3. The molecule has 1 heterocycles. The lowest BCUT2D eigenvalue weighted by molar-refractivity contribution is 0.0690. The van der Waals surface area contributed by atoms with Gasteiger partial charge in [-0.15, -0.1) is 0 Å². The lowest BCUT2D eigenvalue weighted by Gasteiger charge is -2.10. The molecule has 1 aromatic rings. The van der Waals surface area contributed by atoms with Gasteiger partial charge in [-0.05, 0) is 6.07 Å². The van der Waals surface area contributed by atoms with E-state index in [9.17, 15) is 13.6 Å². The van der Waals surface area contributed by atoms with Crippen LogP contribution in [0.1, 0.15) is 28.0 Å². The highest BCUT2D eigenvalue weighted by Gasteiger charge is 2.19. The van der Waals surface area contributed by atoms with Crippen molar-refractivity contribution in [2.45, 2.75) is 13.0 Å². The zero-order valence-corrected chi connectivity index (χ0v) is 7.58. The number of hydrogen-bond acceptors (Lipinski definition) is 4. The molecule has 1 aromatic heterocycles. The van der Waals surface area contributed by atoms with E-state index in [1.54, 1.807) is 0 Å². The minimum absolute atomic E-state index is 0.0185. The van der Waals surface area contributed by atoms with Crippen LogP contribution in [0, 0.1) is 0 Å². The standard InChI is InChI=1S/C8H9F2N3O2/c9-6(10)3-1-5(8(14)15)13-7(12)4(3)2-11/h1,6H,2,11H2,(H2,12,13)(H,14,15). The number of carboxylic acids is 1. The smallest absolute Gasteiger partial charge is 0.354 e. The summed E-state index contributed by atoms with van der Waals surface area (Å²) in [7, 11) is 0. The van der Waals surface area contributed by atoms with E-state index >= 15 is 0 Å². The van der Waals surface area contributed by atoms with Crippen LogP contribution in [0.15, 0.2) is 6.07 Å². The number of pyridine rings is 1. The number of nitrogens with two attached hydrogens (primary N) is 2. The number of carboxylic acid groups (broad SMARTS) is 1. The fourth-order valence-electron chi connectivity index (χ4n) is 1.14. The molecule has 0 aliphatic rings. The summed E-state index contributed by atoms with van der Waals surface area (Å²) in [5.41, 5.74) is 9.52. The number of aromatic nitrogens is 1. The Balaban J connectivity index is 3.38. The van der Waals surface area contributed by atoms with Gasteiger partial charge in [0, 0.05) is 17.7 Å². The first kappa shape index (κ1) is 11.3. The van der Waals surface area contributed by atoms with Crippen molar-refractivity contribution in [2.24, 2.45) is 5.73 Å². The van der Waals surface area contributed by atoms with E-state index in [0.29, 0.717) is 0 Å². The average Bonchev–Trinajstić information content (AvgIpc) is 2.16. The van der Waals surface area contributed by atoms with Crippen LogP contribution < -0.4 is 11.5 Å². The Labute approximate surface area is 83.7 Å². The SMILES string of the molecule is NCc1c(C(F)F)cc(C(=O)O)nc1N. The van der Waals surface area contributed by atoms with Gasteiger partial charge >= 0.3 is 5.97 Å². The summed E-state index contributed by atoms with van der Waals surface area (Å²) in [6.07, 6.45) is -2.83. The summed E-state index contributed by atoms with van der Waals surface area (Å²) in [5.74, 6) is -1.68. The molecule has 82 valence electrons. The van der Waals surface area contributed by atoms with Gasteiger partial charge in [0.1, 0.15) is 5.82 Å². The lowest BCUT2D eigenvalue weighted by atomic mass is 10.1. The van der Waals surface area contributed by atoms with Gasteiger partial charge in [-0.1, -0.05) is 0 Å². The molecule has 0 saturated heterocycles. The molecule has 0 amide bonds. The van der Waals surface area contributed by atoms with Crippen molar-refractivity contribution in [1.29, 1.82) is 0 Å². The first-order chi connectivity index (χ1) is 6.97. The molecular formula is C8H9F2N3O2. The number of rotatable bonds is 3. The molecule has 0 atom stereocenters. The number of alkyl halides is 2. The van der Waals surface area contributed by atoms with E-state index < -0.39 is 23.7 Å². The Kier molecular flexibility index (Phi) is 3.15. The highest BCUT2D eigenvalue weighted by Crippen LogP contribution is 2.26. The zero-order chi connectivity index (χ0) is 11.6. The molecule has 0 unspecified atom stereocenters. The van der Waals surface area contributed by atoms with E-state index in [0.717, 1.165) is 6.07 Å². The molecule has 0 spiro atoms. The molecule has 0 radical (unpaired) electrons. The number of aromatic carboxylic acids is 1. The second kappa shape index (κ2) is 4.18. The minimum Gasteiger partial charge on any atom is -0.477 e. The maximum atomic E-state index is 12.5. The number of nitrogen functional groups attached to an aromatic ring is 1. The molecule has 0 aliphatic heterocycles. The maximum absolute atomic E-state index is 12.5. The van der Waals surface area contributed by atoms with Gasteiger partial charge in [0.15, 0.2) is 5.69 Å². The van der Waals surface area contributed by atoms with E-state index in [2.05, 4.69) is 4.98 Å². The predicted molar refractivity (Wildman–Crippen MR) is 48.5 cm³/mol.